The molecule has 5 heteroatoms. The Morgan fingerprint density at radius 3 is 2.79 bits per heavy atom. The maximum atomic E-state index is 9.98. The van der Waals surface area contributed by atoms with Crippen molar-refractivity contribution in [3.8, 4) is 0 Å². The molecule has 1 atom stereocenters. The van der Waals surface area contributed by atoms with Gasteiger partial charge in [-0.3, -0.25) is 0 Å². The summed E-state index contributed by atoms with van der Waals surface area (Å²) in [5.74, 6) is 0. The summed E-state index contributed by atoms with van der Waals surface area (Å²) in [6.45, 7) is 2.02. The van der Waals surface area contributed by atoms with Crippen LogP contribution >= 0.6 is 11.3 Å². The van der Waals surface area contributed by atoms with Crippen LogP contribution in [0.4, 0.5) is 0 Å². The van der Waals surface area contributed by atoms with Crippen LogP contribution in [0.25, 0.3) is 0 Å². The van der Waals surface area contributed by atoms with E-state index < -0.39 is 6.10 Å². The van der Waals surface area contributed by atoms with Crippen LogP contribution in [-0.2, 0) is 7.05 Å². The third-order valence-electron chi connectivity index (χ3n) is 2.06. The highest BCUT2D eigenvalue weighted by Gasteiger charge is 2.15. The number of hydrogen-bond donors (Lipinski definition) is 1. The first-order chi connectivity index (χ1) is 6.68. The van der Waals surface area contributed by atoms with Gasteiger partial charge in [-0.1, -0.05) is 5.21 Å². The summed E-state index contributed by atoms with van der Waals surface area (Å²) in [4.78, 5) is 2.11. The molecule has 0 aliphatic rings. The molecule has 1 unspecified atom stereocenters. The van der Waals surface area contributed by atoms with Gasteiger partial charge in [0.25, 0.3) is 0 Å². The van der Waals surface area contributed by atoms with Crippen molar-refractivity contribution in [2.75, 3.05) is 0 Å². The van der Waals surface area contributed by atoms with Crippen LogP contribution in [0.5, 0.6) is 0 Å². The molecule has 0 saturated heterocycles. The van der Waals surface area contributed by atoms with E-state index in [0.29, 0.717) is 5.69 Å². The molecule has 0 aromatic carbocycles. The number of aliphatic hydroxyl groups is 1. The minimum atomic E-state index is -0.617. The van der Waals surface area contributed by atoms with Gasteiger partial charge >= 0.3 is 0 Å². The molecule has 2 heterocycles. The van der Waals surface area contributed by atoms with E-state index in [9.17, 15) is 5.11 Å². The number of aromatic nitrogens is 3. The summed E-state index contributed by atoms with van der Waals surface area (Å²) >= 11 is 1.58. The zero-order chi connectivity index (χ0) is 10.1. The number of hydrogen-bond acceptors (Lipinski definition) is 4. The summed E-state index contributed by atoms with van der Waals surface area (Å²) in [5, 5.41) is 17.5. The SMILES string of the molecule is Cc1ccc(C(O)c2cnnn2C)s1. The number of aliphatic hydroxyl groups excluding tert-OH is 1. The summed E-state index contributed by atoms with van der Waals surface area (Å²) in [6.07, 6.45) is 0.966. The van der Waals surface area contributed by atoms with Gasteiger partial charge in [0.2, 0.25) is 0 Å². The number of rotatable bonds is 2. The van der Waals surface area contributed by atoms with Crippen LogP contribution in [-0.4, -0.2) is 20.1 Å². The standard InChI is InChI=1S/C9H11N3OS/c1-6-3-4-8(14-6)9(13)7-5-10-11-12(7)2/h3-5,9,13H,1-2H3. The Hall–Kier alpha value is -1.20. The normalized spacial score (nSPS) is 13.1. The molecule has 0 aliphatic heterocycles. The summed E-state index contributed by atoms with van der Waals surface area (Å²) in [5.41, 5.74) is 0.715. The second kappa shape index (κ2) is 3.51. The number of nitrogens with zero attached hydrogens (tertiary/aromatic N) is 3. The summed E-state index contributed by atoms with van der Waals surface area (Å²) < 4.78 is 1.58. The molecule has 4 nitrogen and oxygen atoms in total. The largest absolute Gasteiger partial charge is 0.381 e. The van der Waals surface area contributed by atoms with Gasteiger partial charge in [-0.2, -0.15) is 0 Å². The maximum absolute atomic E-state index is 9.98. The Kier molecular flexibility index (Phi) is 2.35. The lowest BCUT2D eigenvalue weighted by molar-refractivity contribution is 0.213. The van der Waals surface area contributed by atoms with Crippen LogP contribution in [0.15, 0.2) is 18.3 Å². The summed E-state index contributed by atoms with van der Waals surface area (Å²) in [6, 6.07) is 3.92. The zero-order valence-electron chi connectivity index (χ0n) is 8.01. The van der Waals surface area contributed by atoms with Crippen molar-refractivity contribution in [2.24, 2.45) is 7.05 Å². The molecule has 2 aromatic rings. The third-order valence-corrected chi connectivity index (χ3v) is 3.11. The van der Waals surface area contributed by atoms with E-state index in [-0.39, 0.29) is 0 Å². The van der Waals surface area contributed by atoms with E-state index in [1.54, 1.807) is 29.3 Å². The van der Waals surface area contributed by atoms with Gasteiger partial charge in [0.05, 0.1) is 11.9 Å². The predicted octanol–water partition coefficient (Wildman–Crippen LogP) is 1.27. The average molecular weight is 209 g/mol. The Balaban J connectivity index is 2.33. The fourth-order valence-corrected chi connectivity index (χ4v) is 2.17. The molecule has 0 fully saturated rings. The van der Waals surface area contributed by atoms with Crippen LogP contribution in [0, 0.1) is 6.92 Å². The zero-order valence-corrected chi connectivity index (χ0v) is 8.82. The minimum Gasteiger partial charge on any atom is -0.381 e. The van der Waals surface area contributed by atoms with E-state index in [4.69, 9.17) is 0 Å². The van der Waals surface area contributed by atoms with Gasteiger partial charge in [0.1, 0.15) is 6.10 Å². The van der Waals surface area contributed by atoms with Crippen molar-refractivity contribution in [1.82, 2.24) is 15.0 Å². The highest BCUT2D eigenvalue weighted by atomic mass is 32.1. The van der Waals surface area contributed by atoms with E-state index in [1.807, 2.05) is 19.1 Å². The van der Waals surface area contributed by atoms with Crippen molar-refractivity contribution < 1.29 is 5.11 Å². The van der Waals surface area contributed by atoms with Gasteiger partial charge in [-0.25, -0.2) is 4.68 Å². The third kappa shape index (κ3) is 1.56. The lowest BCUT2D eigenvalue weighted by Gasteiger charge is -2.06. The molecule has 0 saturated carbocycles. The smallest absolute Gasteiger partial charge is 0.131 e. The fourth-order valence-electron chi connectivity index (χ4n) is 1.29. The monoisotopic (exact) mass is 209 g/mol. The van der Waals surface area contributed by atoms with E-state index in [1.165, 1.54) is 4.88 Å². The molecule has 1 N–H and O–H groups in total. The molecule has 0 amide bonds. The predicted molar refractivity (Wildman–Crippen MR) is 54.1 cm³/mol. The average Bonchev–Trinajstić information content (AvgIpc) is 2.73. The maximum Gasteiger partial charge on any atom is 0.131 e. The van der Waals surface area contributed by atoms with Crippen molar-refractivity contribution in [2.45, 2.75) is 13.0 Å². The molecule has 0 bridgehead atoms. The molecule has 0 aliphatic carbocycles. The summed E-state index contributed by atoms with van der Waals surface area (Å²) in [7, 11) is 1.77. The quantitative estimate of drug-likeness (QED) is 0.810. The van der Waals surface area contributed by atoms with Crippen molar-refractivity contribution >= 4 is 11.3 Å². The van der Waals surface area contributed by atoms with Gasteiger partial charge in [0.15, 0.2) is 0 Å². The van der Waals surface area contributed by atoms with Crippen molar-refractivity contribution in [3.63, 3.8) is 0 Å². The molecule has 0 spiro atoms. The second-order valence-electron chi connectivity index (χ2n) is 3.13. The highest BCUT2D eigenvalue weighted by Crippen LogP contribution is 2.26. The van der Waals surface area contributed by atoms with Crippen LogP contribution in [0.3, 0.4) is 0 Å². The first-order valence-corrected chi connectivity index (χ1v) is 5.09. The Morgan fingerprint density at radius 2 is 2.29 bits per heavy atom. The number of thiophene rings is 1. The van der Waals surface area contributed by atoms with Crippen LogP contribution in [0.2, 0.25) is 0 Å². The Labute approximate surface area is 85.8 Å². The van der Waals surface area contributed by atoms with E-state index >= 15 is 0 Å². The van der Waals surface area contributed by atoms with Crippen molar-refractivity contribution in [3.05, 3.63) is 33.8 Å². The lowest BCUT2D eigenvalue weighted by Crippen LogP contribution is -2.04. The van der Waals surface area contributed by atoms with E-state index in [0.717, 1.165) is 4.88 Å². The van der Waals surface area contributed by atoms with Crippen LogP contribution in [0.1, 0.15) is 21.6 Å². The number of aryl methyl sites for hydroxylation is 2. The minimum absolute atomic E-state index is 0.617. The fraction of sp³-hybridized carbons (Fsp3) is 0.333. The molecule has 74 valence electrons. The molecule has 2 rings (SSSR count). The highest BCUT2D eigenvalue weighted by molar-refractivity contribution is 7.12. The molecule has 14 heavy (non-hydrogen) atoms. The van der Waals surface area contributed by atoms with Gasteiger partial charge in [0, 0.05) is 16.8 Å². The first kappa shape index (κ1) is 9.36. The van der Waals surface area contributed by atoms with Gasteiger partial charge < -0.3 is 5.11 Å². The Morgan fingerprint density at radius 1 is 1.50 bits per heavy atom. The second-order valence-corrected chi connectivity index (χ2v) is 4.45. The molecule has 2 aromatic heterocycles. The molecule has 0 radical (unpaired) electrons. The molecular weight excluding hydrogens is 198 g/mol. The topological polar surface area (TPSA) is 50.9 Å². The molecular formula is C9H11N3OS. The van der Waals surface area contributed by atoms with Crippen LogP contribution < -0.4 is 0 Å². The Bertz CT molecular complexity index is 435. The lowest BCUT2D eigenvalue weighted by atomic mass is 10.2. The first-order valence-electron chi connectivity index (χ1n) is 4.27. The van der Waals surface area contributed by atoms with Gasteiger partial charge in [-0.15, -0.1) is 16.4 Å². The van der Waals surface area contributed by atoms with E-state index in [2.05, 4.69) is 10.3 Å². The van der Waals surface area contributed by atoms with Crippen molar-refractivity contribution in [1.29, 1.82) is 0 Å². The van der Waals surface area contributed by atoms with Gasteiger partial charge in [-0.05, 0) is 19.1 Å².